The Morgan fingerprint density at radius 2 is 1.32 bits per heavy atom. The van der Waals surface area contributed by atoms with E-state index in [9.17, 15) is 19.2 Å². The fraction of sp³-hybridized carbons (Fsp3) is 0.632. The van der Waals surface area contributed by atoms with Crippen molar-refractivity contribution < 1.29 is 19.2 Å². The van der Waals surface area contributed by atoms with Crippen molar-refractivity contribution in [1.82, 2.24) is 30.9 Å². The number of aromatic nitrogens is 3. The van der Waals surface area contributed by atoms with Gasteiger partial charge in [0.05, 0.1) is 60.1 Å². The predicted octanol–water partition coefficient (Wildman–Crippen LogP) is 5.08. The molecule has 2 amide bonds. The maximum absolute atomic E-state index is 14.2. The Hall–Kier alpha value is -3.68. The standard InChI is InChI=1S/C38H61N11O4S3/c1-10-37(42,11-2)33(51)30-27(48-26(56-30)17-15-19-43-36(40)41)20(5)44-34(52)32-29(46-24(9)55-32)25(16-14-18-39)47-35(53)31-28(45-23(8)54-31)21(6)49-38(12-3,13-4)22(7)50/h20-21,25,49H,10-19,39,42H2,1-9H3,(H,44,52)(H,47,53)(H4,40,41,43). The minimum absolute atomic E-state index is 0.00441. The van der Waals surface area contributed by atoms with Crippen LogP contribution in [0.25, 0.3) is 0 Å². The number of thiazole rings is 3. The lowest BCUT2D eigenvalue weighted by Crippen LogP contribution is -2.51. The third-order valence-corrected chi connectivity index (χ3v) is 13.4. The smallest absolute Gasteiger partial charge is 0.263 e. The number of guanidine groups is 1. The summed E-state index contributed by atoms with van der Waals surface area (Å²) in [5, 5.41) is 11.7. The van der Waals surface area contributed by atoms with Gasteiger partial charge in [-0.3, -0.25) is 29.5 Å². The van der Waals surface area contributed by atoms with Crippen molar-refractivity contribution in [2.75, 3.05) is 13.1 Å². The second-order valence-corrected chi connectivity index (χ2v) is 17.7. The van der Waals surface area contributed by atoms with Crippen LogP contribution < -0.4 is 38.9 Å². The third kappa shape index (κ3) is 11.2. The lowest BCUT2D eigenvalue weighted by atomic mass is 9.87. The molecule has 0 saturated heterocycles. The van der Waals surface area contributed by atoms with E-state index in [4.69, 9.17) is 37.9 Å². The van der Waals surface area contributed by atoms with Crippen molar-refractivity contribution in [3.8, 4) is 0 Å². The number of aliphatic imine (C=N–C) groups is 1. The molecule has 3 unspecified atom stereocenters. The van der Waals surface area contributed by atoms with Gasteiger partial charge in [-0.15, -0.1) is 34.0 Å². The lowest BCUT2D eigenvalue weighted by molar-refractivity contribution is -0.124. The molecule has 310 valence electrons. The minimum atomic E-state index is -1.08. The summed E-state index contributed by atoms with van der Waals surface area (Å²) in [6, 6.07) is -1.70. The summed E-state index contributed by atoms with van der Waals surface area (Å²) < 4.78 is 0. The van der Waals surface area contributed by atoms with Crippen LogP contribution >= 0.6 is 34.0 Å². The van der Waals surface area contributed by atoms with Crippen LogP contribution in [0.15, 0.2) is 4.99 Å². The number of nitrogens with two attached hydrogens (primary N) is 4. The maximum atomic E-state index is 14.2. The molecule has 0 aromatic carbocycles. The molecular weight excluding hydrogens is 771 g/mol. The van der Waals surface area contributed by atoms with E-state index in [0.717, 1.165) is 0 Å². The first-order chi connectivity index (χ1) is 26.4. The first-order valence-corrected chi connectivity index (χ1v) is 21.8. The second-order valence-electron chi connectivity index (χ2n) is 14.2. The number of amides is 2. The topological polar surface area (TPSA) is 259 Å². The normalized spacial score (nSPS) is 13.6. The lowest BCUT2D eigenvalue weighted by Gasteiger charge is -2.33. The number of hydrogen-bond acceptors (Lipinski definition) is 14. The highest BCUT2D eigenvalue weighted by molar-refractivity contribution is 7.14. The van der Waals surface area contributed by atoms with Crippen LogP contribution in [0.4, 0.5) is 0 Å². The molecule has 56 heavy (non-hydrogen) atoms. The maximum Gasteiger partial charge on any atom is 0.263 e. The third-order valence-electron chi connectivity index (χ3n) is 10.3. The Labute approximate surface area is 342 Å². The summed E-state index contributed by atoms with van der Waals surface area (Å²) in [7, 11) is 0. The molecule has 0 aliphatic heterocycles. The van der Waals surface area contributed by atoms with E-state index in [1.54, 1.807) is 20.8 Å². The zero-order chi connectivity index (χ0) is 42.0. The average molecular weight is 832 g/mol. The molecule has 15 nitrogen and oxygen atoms in total. The molecule has 0 saturated carbocycles. The van der Waals surface area contributed by atoms with Crippen molar-refractivity contribution in [2.45, 2.75) is 143 Å². The van der Waals surface area contributed by atoms with Crippen LogP contribution in [0.3, 0.4) is 0 Å². The Bertz CT molecular complexity index is 1860. The molecule has 3 aromatic heterocycles. The molecule has 0 fully saturated rings. The largest absolute Gasteiger partial charge is 0.370 e. The van der Waals surface area contributed by atoms with E-state index in [1.807, 2.05) is 41.5 Å². The van der Waals surface area contributed by atoms with Crippen LogP contribution in [0, 0.1) is 13.8 Å². The van der Waals surface area contributed by atoms with Crippen molar-refractivity contribution in [2.24, 2.45) is 27.9 Å². The highest BCUT2D eigenvalue weighted by atomic mass is 32.1. The highest BCUT2D eigenvalue weighted by Crippen LogP contribution is 2.33. The predicted molar refractivity (Wildman–Crippen MR) is 227 cm³/mol. The van der Waals surface area contributed by atoms with E-state index >= 15 is 0 Å². The number of Topliss-reactive ketones (excluding diaryl/α,β-unsaturated/α-hetero) is 2. The molecule has 3 aromatic rings. The molecule has 18 heteroatoms. The van der Waals surface area contributed by atoms with Crippen LogP contribution in [-0.2, 0) is 11.2 Å². The van der Waals surface area contributed by atoms with Gasteiger partial charge in [0, 0.05) is 19.0 Å². The van der Waals surface area contributed by atoms with Gasteiger partial charge in [0.25, 0.3) is 11.8 Å². The zero-order valence-corrected chi connectivity index (χ0v) is 36.7. The molecule has 11 N–H and O–H groups in total. The average Bonchev–Trinajstić information content (AvgIpc) is 3.89. The van der Waals surface area contributed by atoms with Crippen molar-refractivity contribution in [3.63, 3.8) is 0 Å². The van der Waals surface area contributed by atoms with Gasteiger partial charge < -0.3 is 33.6 Å². The van der Waals surface area contributed by atoms with Gasteiger partial charge in [-0.25, -0.2) is 15.0 Å². The Kier molecular flexibility index (Phi) is 17.2. The number of carbonyl (C=O) groups excluding carboxylic acids is 4. The van der Waals surface area contributed by atoms with Crippen LogP contribution in [0.2, 0.25) is 0 Å². The molecule has 0 spiro atoms. The van der Waals surface area contributed by atoms with Crippen LogP contribution in [-0.4, -0.2) is 68.5 Å². The summed E-state index contributed by atoms with van der Waals surface area (Å²) in [6.45, 7) is 17.4. The van der Waals surface area contributed by atoms with Gasteiger partial charge in [-0.2, -0.15) is 0 Å². The quantitative estimate of drug-likeness (QED) is 0.0286. The summed E-state index contributed by atoms with van der Waals surface area (Å²) >= 11 is 3.77. The van der Waals surface area contributed by atoms with E-state index in [-0.39, 0.29) is 23.4 Å². The van der Waals surface area contributed by atoms with Gasteiger partial charge >= 0.3 is 0 Å². The summed E-state index contributed by atoms with van der Waals surface area (Å²) in [4.78, 5) is 74.4. The fourth-order valence-electron chi connectivity index (χ4n) is 6.61. The van der Waals surface area contributed by atoms with Gasteiger partial charge in [0.1, 0.15) is 15.5 Å². The number of carbonyl (C=O) groups is 4. The molecular formula is C38H61N11O4S3. The number of aryl methyl sites for hydroxylation is 3. The molecule has 0 aliphatic rings. The first kappa shape index (κ1) is 46.7. The Morgan fingerprint density at radius 1 is 0.768 bits per heavy atom. The van der Waals surface area contributed by atoms with E-state index in [2.05, 4.69) is 20.9 Å². The van der Waals surface area contributed by atoms with E-state index in [1.165, 1.54) is 34.0 Å². The Morgan fingerprint density at radius 3 is 1.86 bits per heavy atom. The van der Waals surface area contributed by atoms with E-state index < -0.39 is 35.1 Å². The van der Waals surface area contributed by atoms with Crippen molar-refractivity contribution >= 4 is 63.4 Å². The fourth-order valence-corrected chi connectivity index (χ4v) is 9.66. The molecule has 0 bridgehead atoms. The zero-order valence-electron chi connectivity index (χ0n) is 34.3. The Balaban J connectivity index is 1.96. The van der Waals surface area contributed by atoms with Crippen molar-refractivity contribution in [3.05, 3.63) is 46.7 Å². The summed E-state index contributed by atoms with van der Waals surface area (Å²) in [5.41, 5.74) is 23.1. The van der Waals surface area contributed by atoms with Crippen LogP contribution in [0.5, 0.6) is 0 Å². The molecule has 0 radical (unpaired) electrons. The highest BCUT2D eigenvalue weighted by Gasteiger charge is 2.37. The van der Waals surface area contributed by atoms with Gasteiger partial charge in [-0.05, 0) is 86.1 Å². The number of nitrogens with zero attached hydrogens (tertiary/aromatic N) is 4. The second kappa shape index (κ2) is 20.7. The summed E-state index contributed by atoms with van der Waals surface area (Å²) in [5.74, 6) is -0.959. The number of rotatable bonds is 23. The molecule has 0 aliphatic carbocycles. The first-order valence-electron chi connectivity index (χ1n) is 19.3. The molecule has 3 atom stereocenters. The SMILES string of the molecule is CCC(N)(CC)C(=O)c1sc(CCCN=C(N)N)nc1C(C)NC(=O)c1sc(C)nc1C(CCCN)NC(=O)c1sc(C)nc1C(C)NC(CC)(CC)C(C)=O. The minimum Gasteiger partial charge on any atom is -0.370 e. The molecule has 3 rings (SSSR count). The monoisotopic (exact) mass is 831 g/mol. The number of nitrogens with one attached hydrogen (secondary N) is 3. The van der Waals surface area contributed by atoms with Gasteiger partial charge in [-0.1, -0.05) is 27.7 Å². The van der Waals surface area contributed by atoms with Crippen LogP contribution in [0.1, 0.15) is 173 Å². The number of ketones is 2. The summed E-state index contributed by atoms with van der Waals surface area (Å²) in [6.07, 6.45) is 4.20. The van der Waals surface area contributed by atoms with E-state index in [0.29, 0.717) is 111 Å². The molecule has 3 heterocycles. The van der Waals surface area contributed by atoms with Crippen molar-refractivity contribution in [1.29, 1.82) is 0 Å². The van der Waals surface area contributed by atoms with Gasteiger partial charge in [0.15, 0.2) is 11.7 Å². The van der Waals surface area contributed by atoms with Gasteiger partial charge in [0.2, 0.25) is 0 Å². The number of hydrogen-bond donors (Lipinski definition) is 7.